The highest BCUT2D eigenvalue weighted by Gasteiger charge is 2.24. The molecule has 42 heavy (non-hydrogen) atoms. The molecule has 0 fully saturated rings. The normalized spacial score (nSPS) is 10.0. The molecule has 0 spiro atoms. The SMILES string of the molecule is CN(C)c1ccc(CCCN(CC(=O)O)C(=O)C(=O)O)cc1.CN(C)c1cccc(CN(CC(=O)O)C(=O)C(=O)O)c1. The molecule has 0 aliphatic rings. The summed E-state index contributed by atoms with van der Waals surface area (Å²) in [5.74, 6) is -8.23. The van der Waals surface area contributed by atoms with Crippen molar-refractivity contribution in [2.24, 2.45) is 0 Å². The monoisotopic (exact) mass is 588 g/mol. The molecule has 4 N–H and O–H groups in total. The van der Waals surface area contributed by atoms with E-state index in [4.69, 9.17) is 20.4 Å². The zero-order valence-electron chi connectivity index (χ0n) is 23.9. The van der Waals surface area contributed by atoms with E-state index in [-0.39, 0.29) is 13.1 Å². The molecule has 0 radical (unpaired) electrons. The van der Waals surface area contributed by atoms with Crippen LogP contribution < -0.4 is 9.80 Å². The van der Waals surface area contributed by atoms with Gasteiger partial charge in [-0.2, -0.15) is 0 Å². The number of amides is 2. The van der Waals surface area contributed by atoms with Gasteiger partial charge in [0.25, 0.3) is 0 Å². The first kappa shape index (κ1) is 34.9. The third-order valence-corrected chi connectivity index (χ3v) is 5.74. The molecule has 2 aromatic carbocycles. The summed E-state index contributed by atoms with van der Waals surface area (Å²) in [7, 11) is 7.57. The van der Waals surface area contributed by atoms with Gasteiger partial charge < -0.3 is 40.0 Å². The van der Waals surface area contributed by atoms with Gasteiger partial charge in [-0.1, -0.05) is 24.3 Å². The number of aryl methyl sites for hydroxylation is 1. The standard InChI is InChI=1S/C15H20N2O5.C13H16N2O5/c1-16(2)12-7-5-11(6-8-12)4-3-9-17(10-13(18)19)14(20)15(21)22;1-14(2)10-5-3-4-9(6-10)7-15(8-11(16)17)12(18)13(19)20/h5-8H,3-4,9-10H2,1-2H3,(H,18,19)(H,21,22);3-6H,7-8H2,1-2H3,(H,16,17)(H,19,20). The third kappa shape index (κ3) is 12.4. The summed E-state index contributed by atoms with van der Waals surface area (Å²) in [6.45, 7) is -1.24. The molecule has 0 aromatic heterocycles. The summed E-state index contributed by atoms with van der Waals surface area (Å²) in [5, 5.41) is 34.8. The minimum atomic E-state index is -1.67. The van der Waals surface area contributed by atoms with E-state index < -0.39 is 48.8 Å². The smallest absolute Gasteiger partial charge is 0.394 e. The maximum absolute atomic E-state index is 11.5. The van der Waals surface area contributed by atoms with Crippen molar-refractivity contribution in [2.75, 3.05) is 57.6 Å². The van der Waals surface area contributed by atoms with E-state index >= 15 is 0 Å². The Kier molecular flexibility index (Phi) is 14.0. The van der Waals surface area contributed by atoms with Gasteiger partial charge in [-0.3, -0.25) is 19.2 Å². The second-order valence-corrected chi connectivity index (χ2v) is 9.51. The van der Waals surface area contributed by atoms with Crippen LogP contribution in [0.1, 0.15) is 17.5 Å². The minimum absolute atomic E-state index is 0.0703. The summed E-state index contributed by atoms with van der Waals surface area (Å²) in [6, 6.07) is 14.9. The summed E-state index contributed by atoms with van der Waals surface area (Å²) >= 11 is 0. The molecule has 228 valence electrons. The van der Waals surface area contributed by atoms with Crippen molar-refractivity contribution in [1.29, 1.82) is 0 Å². The van der Waals surface area contributed by atoms with E-state index in [0.717, 1.165) is 26.7 Å². The fraction of sp³-hybridized carbons (Fsp3) is 0.357. The van der Waals surface area contributed by atoms with Gasteiger partial charge in [0.05, 0.1) is 0 Å². The van der Waals surface area contributed by atoms with Crippen molar-refractivity contribution >= 4 is 47.1 Å². The summed E-state index contributed by atoms with van der Waals surface area (Å²) in [6.07, 6.45) is 1.13. The van der Waals surface area contributed by atoms with Crippen LogP contribution in [-0.2, 0) is 41.7 Å². The summed E-state index contributed by atoms with van der Waals surface area (Å²) in [4.78, 5) is 71.0. The lowest BCUT2D eigenvalue weighted by Gasteiger charge is -2.20. The molecule has 0 aliphatic carbocycles. The topological polar surface area (TPSA) is 196 Å². The Morgan fingerprint density at radius 3 is 1.60 bits per heavy atom. The first-order valence-electron chi connectivity index (χ1n) is 12.6. The highest BCUT2D eigenvalue weighted by Crippen LogP contribution is 2.15. The van der Waals surface area contributed by atoms with Crippen molar-refractivity contribution in [3.63, 3.8) is 0 Å². The molecule has 2 amide bonds. The second kappa shape index (κ2) is 16.8. The molecule has 14 heteroatoms. The number of carbonyl (C=O) groups is 6. The van der Waals surface area contributed by atoms with Crippen LogP contribution in [0.5, 0.6) is 0 Å². The lowest BCUT2D eigenvalue weighted by molar-refractivity contribution is -0.158. The van der Waals surface area contributed by atoms with Crippen molar-refractivity contribution in [1.82, 2.24) is 9.80 Å². The van der Waals surface area contributed by atoms with E-state index in [1.54, 1.807) is 18.2 Å². The van der Waals surface area contributed by atoms with Crippen molar-refractivity contribution in [3.8, 4) is 0 Å². The van der Waals surface area contributed by atoms with E-state index in [0.29, 0.717) is 18.4 Å². The van der Waals surface area contributed by atoms with Crippen LogP contribution in [0.15, 0.2) is 48.5 Å². The van der Waals surface area contributed by atoms with Crippen molar-refractivity contribution in [3.05, 3.63) is 59.7 Å². The molecule has 0 heterocycles. The quantitative estimate of drug-likeness (QED) is 0.256. The van der Waals surface area contributed by atoms with Gasteiger partial charge >= 0.3 is 35.7 Å². The Labute approximate surface area is 243 Å². The van der Waals surface area contributed by atoms with Crippen LogP contribution in [0.4, 0.5) is 11.4 Å². The Hall–Kier alpha value is -5.14. The maximum Gasteiger partial charge on any atom is 0.394 e. The second-order valence-electron chi connectivity index (χ2n) is 9.51. The van der Waals surface area contributed by atoms with Crippen LogP contribution in [0.25, 0.3) is 0 Å². The number of rotatable bonds is 12. The first-order valence-corrected chi connectivity index (χ1v) is 12.6. The molecule has 0 saturated carbocycles. The maximum atomic E-state index is 11.5. The number of nitrogens with zero attached hydrogens (tertiary/aromatic N) is 4. The number of benzene rings is 2. The fourth-order valence-electron chi connectivity index (χ4n) is 3.64. The molecule has 2 rings (SSSR count). The van der Waals surface area contributed by atoms with E-state index in [1.807, 2.05) is 68.3 Å². The average molecular weight is 589 g/mol. The predicted molar refractivity (Wildman–Crippen MR) is 152 cm³/mol. The van der Waals surface area contributed by atoms with E-state index in [1.165, 1.54) is 0 Å². The number of anilines is 2. The van der Waals surface area contributed by atoms with Gasteiger partial charge in [0.1, 0.15) is 13.1 Å². The predicted octanol–water partition coefficient (Wildman–Crippen LogP) is 0.933. The molecule has 2 aromatic rings. The number of carboxylic acids is 4. The molecule has 0 unspecified atom stereocenters. The van der Waals surface area contributed by atoms with Crippen LogP contribution in [0.2, 0.25) is 0 Å². The Morgan fingerprint density at radius 2 is 1.12 bits per heavy atom. The first-order chi connectivity index (χ1) is 19.6. The van der Waals surface area contributed by atoms with Gasteiger partial charge in [-0.05, 0) is 48.2 Å². The third-order valence-electron chi connectivity index (χ3n) is 5.74. The minimum Gasteiger partial charge on any atom is -0.480 e. The lowest BCUT2D eigenvalue weighted by atomic mass is 10.1. The van der Waals surface area contributed by atoms with Crippen LogP contribution in [0.3, 0.4) is 0 Å². The number of carboxylic acid groups (broad SMARTS) is 4. The van der Waals surface area contributed by atoms with E-state index in [9.17, 15) is 28.8 Å². The van der Waals surface area contributed by atoms with Crippen LogP contribution in [-0.4, -0.2) is 114 Å². The van der Waals surface area contributed by atoms with Crippen LogP contribution >= 0.6 is 0 Å². The molecule has 0 atom stereocenters. The Balaban J connectivity index is 0.000000422. The van der Waals surface area contributed by atoms with Crippen LogP contribution in [0, 0.1) is 0 Å². The Morgan fingerprint density at radius 1 is 0.619 bits per heavy atom. The summed E-state index contributed by atoms with van der Waals surface area (Å²) in [5.41, 5.74) is 3.65. The Bertz CT molecular complexity index is 1260. The number of hydrogen-bond donors (Lipinski definition) is 4. The largest absolute Gasteiger partial charge is 0.480 e. The molecule has 0 aliphatic heterocycles. The molecule has 14 nitrogen and oxygen atoms in total. The van der Waals surface area contributed by atoms with Crippen molar-refractivity contribution < 1.29 is 49.2 Å². The number of carbonyl (C=O) groups excluding carboxylic acids is 2. The molecular weight excluding hydrogens is 552 g/mol. The zero-order chi connectivity index (χ0) is 32.0. The number of hydrogen-bond acceptors (Lipinski definition) is 8. The highest BCUT2D eigenvalue weighted by molar-refractivity contribution is 6.32. The molecular formula is C28H36N4O10. The number of aliphatic carboxylic acids is 4. The lowest BCUT2D eigenvalue weighted by Crippen LogP contribution is -2.40. The van der Waals surface area contributed by atoms with Gasteiger partial charge in [0, 0.05) is 52.7 Å². The van der Waals surface area contributed by atoms with Gasteiger partial charge in [0.15, 0.2) is 0 Å². The van der Waals surface area contributed by atoms with E-state index in [2.05, 4.69) is 0 Å². The highest BCUT2D eigenvalue weighted by atomic mass is 16.4. The molecule has 0 bridgehead atoms. The van der Waals surface area contributed by atoms with Gasteiger partial charge in [-0.25, -0.2) is 9.59 Å². The fourth-order valence-corrected chi connectivity index (χ4v) is 3.64. The van der Waals surface area contributed by atoms with Crippen molar-refractivity contribution in [2.45, 2.75) is 19.4 Å². The van der Waals surface area contributed by atoms with Gasteiger partial charge in [0.2, 0.25) is 0 Å². The molecule has 0 saturated heterocycles. The average Bonchev–Trinajstić information content (AvgIpc) is 2.91. The zero-order valence-corrected chi connectivity index (χ0v) is 23.9. The van der Waals surface area contributed by atoms with Gasteiger partial charge in [-0.15, -0.1) is 0 Å². The summed E-state index contributed by atoms with van der Waals surface area (Å²) < 4.78 is 0.